The number of ether oxygens (including phenoxy) is 1. The van der Waals surface area contributed by atoms with E-state index in [9.17, 15) is 4.79 Å². The molecule has 3 atom stereocenters. The second-order valence-electron chi connectivity index (χ2n) is 6.62. The molecule has 0 spiro atoms. The average molecular weight is 282 g/mol. The highest BCUT2D eigenvalue weighted by Gasteiger charge is 2.23. The van der Waals surface area contributed by atoms with Crippen LogP contribution >= 0.6 is 0 Å². The predicted octanol–water partition coefficient (Wildman–Crippen LogP) is 2.18. The first-order valence-corrected chi connectivity index (χ1v) is 8.24. The first-order valence-electron chi connectivity index (χ1n) is 8.24. The van der Waals surface area contributed by atoms with Gasteiger partial charge in [0.1, 0.15) is 0 Å². The Bertz CT molecular complexity index is 303. The summed E-state index contributed by atoms with van der Waals surface area (Å²) in [6.07, 6.45) is 8.83. The first kappa shape index (κ1) is 15.8. The summed E-state index contributed by atoms with van der Waals surface area (Å²) in [4.78, 5) is 14.2. The Morgan fingerprint density at radius 1 is 1.20 bits per heavy atom. The largest absolute Gasteiger partial charge is 0.377 e. The third-order valence-electron chi connectivity index (χ3n) is 4.66. The third kappa shape index (κ3) is 5.06. The molecule has 2 fully saturated rings. The van der Waals surface area contributed by atoms with E-state index in [0.717, 1.165) is 26.0 Å². The summed E-state index contributed by atoms with van der Waals surface area (Å²) < 4.78 is 5.72. The molecule has 116 valence electrons. The van der Waals surface area contributed by atoms with Gasteiger partial charge in [-0.2, -0.15) is 0 Å². The van der Waals surface area contributed by atoms with E-state index in [1.54, 1.807) is 0 Å². The molecule has 0 aromatic carbocycles. The van der Waals surface area contributed by atoms with Gasteiger partial charge in [-0.05, 0) is 45.1 Å². The Morgan fingerprint density at radius 3 is 2.65 bits per heavy atom. The Hall–Kier alpha value is -0.610. The number of nitrogens with zero attached hydrogens (tertiary/aromatic N) is 1. The minimum absolute atomic E-state index is 0.169. The fourth-order valence-electron chi connectivity index (χ4n) is 3.39. The highest BCUT2D eigenvalue weighted by molar-refractivity contribution is 5.78. The summed E-state index contributed by atoms with van der Waals surface area (Å²) in [6, 6.07) is 0.385. The summed E-state index contributed by atoms with van der Waals surface area (Å²) in [5, 5.41) is 3.22. The molecule has 0 radical (unpaired) electrons. The van der Waals surface area contributed by atoms with E-state index in [1.165, 1.54) is 32.1 Å². The molecule has 4 heteroatoms. The maximum Gasteiger partial charge on any atom is 0.234 e. The van der Waals surface area contributed by atoms with Crippen LogP contribution in [0.1, 0.15) is 51.9 Å². The summed E-state index contributed by atoms with van der Waals surface area (Å²) in [5.74, 6) is 0.793. The van der Waals surface area contributed by atoms with Crippen molar-refractivity contribution in [1.82, 2.24) is 10.2 Å². The molecular formula is C16H30N2O2. The maximum absolute atomic E-state index is 12.1. The van der Waals surface area contributed by atoms with E-state index < -0.39 is 0 Å². The van der Waals surface area contributed by atoms with E-state index in [4.69, 9.17) is 4.74 Å². The summed E-state index contributed by atoms with van der Waals surface area (Å²) in [6.45, 7) is 4.49. The molecule has 1 amide bonds. The minimum atomic E-state index is 0.169. The third-order valence-corrected chi connectivity index (χ3v) is 4.66. The van der Waals surface area contributed by atoms with Crippen LogP contribution in [-0.4, -0.2) is 49.7 Å². The van der Waals surface area contributed by atoms with E-state index in [0.29, 0.717) is 24.6 Å². The molecule has 1 aliphatic carbocycles. The van der Waals surface area contributed by atoms with Gasteiger partial charge in [0.25, 0.3) is 0 Å². The van der Waals surface area contributed by atoms with Crippen molar-refractivity contribution in [1.29, 1.82) is 0 Å². The number of likely N-dealkylation sites (N-methyl/N-ethyl adjacent to an activating group) is 1. The van der Waals surface area contributed by atoms with Crippen LogP contribution in [0.15, 0.2) is 0 Å². The van der Waals surface area contributed by atoms with Crippen LogP contribution in [0.25, 0.3) is 0 Å². The lowest BCUT2D eigenvalue weighted by atomic mass is 9.86. The average Bonchev–Trinajstić information content (AvgIpc) is 2.42. The zero-order chi connectivity index (χ0) is 14.4. The monoisotopic (exact) mass is 282 g/mol. The normalized spacial score (nSPS) is 31.2. The fourth-order valence-corrected chi connectivity index (χ4v) is 3.39. The van der Waals surface area contributed by atoms with Gasteiger partial charge >= 0.3 is 0 Å². The molecular weight excluding hydrogens is 252 g/mol. The van der Waals surface area contributed by atoms with Crippen molar-refractivity contribution in [2.45, 2.75) is 64.0 Å². The zero-order valence-electron chi connectivity index (χ0n) is 13.1. The summed E-state index contributed by atoms with van der Waals surface area (Å²) >= 11 is 0. The van der Waals surface area contributed by atoms with E-state index in [-0.39, 0.29) is 5.91 Å². The van der Waals surface area contributed by atoms with Crippen LogP contribution in [0.3, 0.4) is 0 Å². The fraction of sp³-hybridized carbons (Fsp3) is 0.938. The Morgan fingerprint density at radius 2 is 1.95 bits per heavy atom. The molecule has 0 aromatic rings. The Balaban J connectivity index is 1.67. The molecule has 0 unspecified atom stereocenters. The number of hydrogen-bond donors (Lipinski definition) is 1. The summed E-state index contributed by atoms with van der Waals surface area (Å²) in [7, 11) is 2.02. The van der Waals surface area contributed by atoms with Crippen LogP contribution in [-0.2, 0) is 9.53 Å². The van der Waals surface area contributed by atoms with Gasteiger partial charge in [-0.3, -0.25) is 9.69 Å². The van der Waals surface area contributed by atoms with Crippen LogP contribution < -0.4 is 5.32 Å². The second kappa shape index (κ2) is 7.99. The van der Waals surface area contributed by atoms with Crippen molar-refractivity contribution in [2.75, 3.05) is 26.7 Å². The van der Waals surface area contributed by atoms with Gasteiger partial charge < -0.3 is 10.1 Å². The van der Waals surface area contributed by atoms with Crippen molar-refractivity contribution >= 4 is 5.91 Å². The highest BCUT2D eigenvalue weighted by Crippen LogP contribution is 2.23. The number of amides is 1. The van der Waals surface area contributed by atoms with E-state index in [2.05, 4.69) is 17.1 Å². The van der Waals surface area contributed by atoms with Gasteiger partial charge in [-0.1, -0.05) is 19.8 Å². The van der Waals surface area contributed by atoms with Crippen LogP contribution in [0.4, 0.5) is 0 Å². The SMILES string of the molecule is C[C@@H]1CCCC[C@H]1NC(=O)CN(C)C[C@H]1CCCCO1. The van der Waals surface area contributed by atoms with Gasteiger partial charge in [0, 0.05) is 19.2 Å². The molecule has 1 saturated heterocycles. The Kier molecular flexibility index (Phi) is 6.30. The molecule has 1 aliphatic heterocycles. The number of hydrogen-bond acceptors (Lipinski definition) is 3. The lowest BCUT2D eigenvalue weighted by Crippen LogP contribution is -2.46. The van der Waals surface area contributed by atoms with Gasteiger partial charge in [0.15, 0.2) is 0 Å². The van der Waals surface area contributed by atoms with Crippen LogP contribution in [0, 0.1) is 5.92 Å². The van der Waals surface area contributed by atoms with Crippen molar-refractivity contribution in [2.24, 2.45) is 5.92 Å². The van der Waals surface area contributed by atoms with Gasteiger partial charge in [-0.25, -0.2) is 0 Å². The standard InChI is InChI=1S/C16H30N2O2/c1-13-7-3-4-9-15(13)17-16(19)12-18(2)11-14-8-5-6-10-20-14/h13-15H,3-12H2,1-2H3,(H,17,19)/t13-,14-,15-/m1/s1. The molecule has 1 saturated carbocycles. The number of rotatable bonds is 5. The van der Waals surface area contributed by atoms with Gasteiger partial charge in [-0.15, -0.1) is 0 Å². The lowest BCUT2D eigenvalue weighted by molar-refractivity contribution is -0.123. The van der Waals surface area contributed by atoms with Gasteiger partial charge in [0.2, 0.25) is 5.91 Å². The molecule has 4 nitrogen and oxygen atoms in total. The number of carbonyl (C=O) groups is 1. The molecule has 2 rings (SSSR count). The maximum atomic E-state index is 12.1. The molecule has 1 heterocycles. The van der Waals surface area contributed by atoms with E-state index >= 15 is 0 Å². The zero-order valence-corrected chi connectivity index (χ0v) is 13.1. The second-order valence-corrected chi connectivity index (χ2v) is 6.62. The highest BCUT2D eigenvalue weighted by atomic mass is 16.5. The lowest BCUT2D eigenvalue weighted by Gasteiger charge is -2.31. The predicted molar refractivity (Wildman–Crippen MR) is 80.7 cm³/mol. The number of nitrogens with one attached hydrogen (secondary N) is 1. The number of carbonyl (C=O) groups excluding carboxylic acids is 1. The Labute approximate surface area is 123 Å². The molecule has 0 bridgehead atoms. The first-order chi connectivity index (χ1) is 9.65. The topological polar surface area (TPSA) is 41.6 Å². The van der Waals surface area contributed by atoms with Crippen molar-refractivity contribution in [3.63, 3.8) is 0 Å². The quantitative estimate of drug-likeness (QED) is 0.840. The summed E-state index contributed by atoms with van der Waals surface area (Å²) in [5.41, 5.74) is 0. The van der Waals surface area contributed by atoms with Gasteiger partial charge in [0.05, 0.1) is 12.6 Å². The smallest absolute Gasteiger partial charge is 0.234 e. The molecule has 20 heavy (non-hydrogen) atoms. The molecule has 0 aromatic heterocycles. The molecule has 1 N–H and O–H groups in total. The van der Waals surface area contributed by atoms with Crippen LogP contribution in [0.2, 0.25) is 0 Å². The van der Waals surface area contributed by atoms with Crippen molar-refractivity contribution in [3.05, 3.63) is 0 Å². The van der Waals surface area contributed by atoms with Crippen LogP contribution in [0.5, 0.6) is 0 Å². The van der Waals surface area contributed by atoms with E-state index in [1.807, 2.05) is 7.05 Å². The van der Waals surface area contributed by atoms with Crippen molar-refractivity contribution < 1.29 is 9.53 Å². The molecule has 2 aliphatic rings. The minimum Gasteiger partial charge on any atom is -0.377 e. The van der Waals surface area contributed by atoms with Crippen molar-refractivity contribution in [3.8, 4) is 0 Å².